The van der Waals surface area contributed by atoms with Crippen molar-refractivity contribution in [1.29, 1.82) is 0 Å². The maximum Gasteiger partial charge on any atom is 0.275 e. The van der Waals surface area contributed by atoms with Gasteiger partial charge in [0.2, 0.25) is 0 Å². The van der Waals surface area contributed by atoms with E-state index in [0.29, 0.717) is 9.35 Å². The van der Waals surface area contributed by atoms with Gasteiger partial charge in [-0.2, -0.15) is 0 Å². The van der Waals surface area contributed by atoms with Crippen molar-refractivity contribution < 1.29 is 23.3 Å². The SMILES string of the molecule is CCCCc1ccc(C#Cc2ccc(S(=O)(=O)N(CC(=O)NO)OC(C)C)s2)cc1. The first-order valence-corrected chi connectivity index (χ1v) is 11.8. The lowest BCUT2D eigenvalue weighted by Gasteiger charge is -2.21. The van der Waals surface area contributed by atoms with Crippen LogP contribution >= 0.6 is 11.3 Å². The lowest BCUT2D eigenvalue weighted by molar-refractivity contribution is -0.149. The molecule has 0 atom stereocenters. The Kier molecular flexibility index (Phi) is 9.02. The highest BCUT2D eigenvalue weighted by Crippen LogP contribution is 2.25. The van der Waals surface area contributed by atoms with Crippen molar-refractivity contribution >= 4 is 27.3 Å². The zero-order valence-electron chi connectivity index (χ0n) is 17.2. The smallest absolute Gasteiger partial charge is 0.275 e. The highest BCUT2D eigenvalue weighted by molar-refractivity contribution is 7.91. The van der Waals surface area contributed by atoms with Crippen LogP contribution in [0.2, 0.25) is 0 Å². The molecule has 2 aromatic rings. The Morgan fingerprint density at radius 2 is 1.90 bits per heavy atom. The lowest BCUT2D eigenvalue weighted by atomic mass is 10.1. The quantitative estimate of drug-likeness (QED) is 0.347. The summed E-state index contributed by atoms with van der Waals surface area (Å²) in [6.07, 6.45) is 2.86. The van der Waals surface area contributed by atoms with Gasteiger partial charge in [-0.25, -0.2) is 13.9 Å². The number of benzene rings is 1. The molecule has 0 radical (unpaired) electrons. The second kappa shape index (κ2) is 11.2. The van der Waals surface area contributed by atoms with E-state index in [2.05, 4.69) is 30.9 Å². The Labute approximate surface area is 181 Å². The molecular formula is C21H26N2O5S2. The predicted molar refractivity (Wildman–Crippen MR) is 115 cm³/mol. The molecule has 1 heterocycles. The van der Waals surface area contributed by atoms with Crippen LogP contribution in [0.5, 0.6) is 0 Å². The van der Waals surface area contributed by atoms with Crippen LogP contribution in [0.15, 0.2) is 40.6 Å². The summed E-state index contributed by atoms with van der Waals surface area (Å²) in [6, 6.07) is 11.0. The first-order valence-electron chi connectivity index (χ1n) is 9.59. The van der Waals surface area contributed by atoms with Gasteiger partial charge in [-0.3, -0.25) is 14.8 Å². The molecule has 0 saturated carbocycles. The number of amides is 1. The summed E-state index contributed by atoms with van der Waals surface area (Å²) >= 11 is 0.986. The molecule has 2 N–H and O–H groups in total. The Morgan fingerprint density at radius 3 is 2.50 bits per heavy atom. The van der Waals surface area contributed by atoms with E-state index in [1.165, 1.54) is 17.1 Å². The topological polar surface area (TPSA) is 95.9 Å². The minimum atomic E-state index is -4.09. The van der Waals surface area contributed by atoms with Crippen molar-refractivity contribution in [3.05, 3.63) is 52.4 Å². The van der Waals surface area contributed by atoms with E-state index in [1.54, 1.807) is 19.9 Å². The number of hydrogen-bond donors (Lipinski definition) is 2. The second-order valence-corrected chi connectivity index (χ2v) is 9.96. The zero-order valence-corrected chi connectivity index (χ0v) is 18.8. The molecule has 162 valence electrons. The maximum atomic E-state index is 12.8. The van der Waals surface area contributed by atoms with Gasteiger partial charge in [0.05, 0.1) is 11.0 Å². The van der Waals surface area contributed by atoms with Gasteiger partial charge in [-0.05, 0) is 56.5 Å². The van der Waals surface area contributed by atoms with Crippen LogP contribution in [0, 0.1) is 11.8 Å². The number of hydroxylamine groups is 2. The van der Waals surface area contributed by atoms with Gasteiger partial charge < -0.3 is 0 Å². The standard InChI is InChI=1S/C21H26N2O5S2/c1-4-5-6-17-7-9-18(10-8-17)11-12-19-13-14-21(29-19)30(26,27)23(28-16(2)3)15-20(24)22-25/h7-10,13-14,16,25H,4-6,15H2,1-3H3,(H,22,24). The third kappa shape index (κ3) is 6.93. The molecule has 0 spiro atoms. The Bertz CT molecular complexity index is 1000. The summed E-state index contributed by atoms with van der Waals surface area (Å²) in [5, 5.41) is 8.70. The summed E-state index contributed by atoms with van der Waals surface area (Å²) in [7, 11) is -4.09. The molecule has 2 rings (SSSR count). The molecule has 9 heteroatoms. The van der Waals surface area contributed by atoms with E-state index < -0.39 is 28.6 Å². The number of carbonyl (C=O) groups excluding carboxylic acids is 1. The number of unbranched alkanes of at least 4 members (excludes halogenated alkanes) is 1. The summed E-state index contributed by atoms with van der Waals surface area (Å²) in [6.45, 7) is 4.77. The van der Waals surface area contributed by atoms with Gasteiger partial charge >= 0.3 is 0 Å². The van der Waals surface area contributed by atoms with Crippen LogP contribution < -0.4 is 5.48 Å². The number of nitrogens with zero attached hydrogens (tertiary/aromatic N) is 1. The Morgan fingerprint density at radius 1 is 1.20 bits per heavy atom. The highest BCUT2D eigenvalue weighted by Gasteiger charge is 2.30. The van der Waals surface area contributed by atoms with Crippen LogP contribution in [-0.2, 0) is 26.1 Å². The van der Waals surface area contributed by atoms with Gasteiger partial charge in [0.1, 0.15) is 10.8 Å². The molecule has 0 bridgehead atoms. The Balaban J connectivity index is 2.18. The van der Waals surface area contributed by atoms with E-state index in [-0.39, 0.29) is 4.21 Å². The number of thiophene rings is 1. The van der Waals surface area contributed by atoms with Crippen molar-refractivity contribution in [2.24, 2.45) is 0 Å². The molecule has 0 aliphatic heterocycles. The van der Waals surface area contributed by atoms with E-state index in [9.17, 15) is 13.2 Å². The van der Waals surface area contributed by atoms with Gasteiger partial charge in [0.25, 0.3) is 15.9 Å². The third-order valence-corrected chi connectivity index (χ3v) is 7.01. The van der Waals surface area contributed by atoms with Crippen molar-refractivity contribution in [3.63, 3.8) is 0 Å². The summed E-state index contributed by atoms with van der Waals surface area (Å²) in [4.78, 5) is 17.3. The first kappa shape index (κ1) is 24.1. The van der Waals surface area contributed by atoms with Crippen LogP contribution in [0.1, 0.15) is 49.6 Å². The molecule has 0 aliphatic rings. The fourth-order valence-electron chi connectivity index (χ4n) is 2.46. The average Bonchev–Trinajstić information content (AvgIpc) is 3.20. The molecule has 1 aromatic carbocycles. The third-order valence-electron chi connectivity index (χ3n) is 3.93. The normalized spacial score (nSPS) is 11.4. The summed E-state index contributed by atoms with van der Waals surface area (Å²) in [5.74, 6) is 5.10. The van der Waals surface area contributed by atoms with E-state index in [4.69, 9.17) is 10.0 Å². The highest BCUT2D eigenvalue weighted by atomic mass is 32.2. The van der Waals surface area contributed by atoms with E-state index in [0.717, 1.165) is 36.2 Å². The average molecular weight is 451 g/mol. The molecule has 7 nitrogen and oxygen atoms in total. The minimum absolute atomic E-state index is 0.00639. The summed E-state index contributed by atoms with van der Waals surface area (Å²) < 4.78 is 26.2. The van der Waals surface area contributed by atoms with Gasteiger partial charge in [-0.15, -0.1) is 11.3 Å². The fraction of sp³-hybridized carbons (Fsp3) is 0.381. The van der Waals surface area contributed by atoms with Crippen molar-refractivity contribution in [3.8, 4) is 11.8 Å². The molecule has 0 aliphatic carbocycles. The van der Waals surface area contributed by atoms with Crippen LogP contribution in [-0.4, -0.2) is 36.6 Å². The predicted octanol–water partition coefficient (Wildman–Crippen LogP) is 3.33. The van der Waals surface area contributed by atoms with E-state index >= 15 is 0 Å². The van der Waals surface area contributed by atoms with Gasteiger partial charge in [0.15, 0.2) is 0 Å². The number of aryl methyl sites for hydroxylation is 1. The van der Waals surface area contributed by atoms with Crippen LogP contribution in [0.25, 0.3) is 0 Å². The zero-order chi connectivity index (χ0) is 22.1. The molecule has 0 fully saturated rings. The molecule has 1 aromatic heterocycles. The number of hydrogen-bond acceptors (Lipinski definition) is 6. The molecule has 1 amide bonds. The molecule has 0 saturated heterocycles. The number of sulfonamides is 1. The summed E-state index contributed by atoms with van der Waals surface area (Å²) in [5.41, 5.74) is 3.52. The van der Waals surface area contributed by atoms with Crippen molar-refractivity contribution in [2.75, 3.05) is 6.54 Å². The molecular weight excluding hydrogens is 424 g/mol. The molecule has 30 heavy (non-hydrogen) atoms. The number of carbonyl (C=O) groups is 1. The lowest BCUT2D eigenvalue weighted by Crippen LogP contribution is -2.40. The second-order valence-electron chi connectivity index (χ2n) is 6.82. The van der Waals surface area contributed by atoms with Crippen LogP contribution in [0.4, 0.5) is 0 Å². The van der Waals surface area contributed by atoms with Crippen LogP contribution in [0.3, 0.4) is 0 Å². The number of nitrogens with one attached hydrogen (secondary N) is 1. The van der Waals surface area contributed by atoms with Crippen molar-refractivity contribution in [2.45, 2.75) is 50.3 Å². The Hall–Kier alpha value is -2.22. The monoisotopic (exact) mass is 450 g/mol. The molecule has 0 unspecified atom stereocenters. The maximum absolute atomic E-state index is 12.8. The van der Waals surface area contributed by atoms with Gasteiger partial charge in [0, 0.05) is 5.56 Å². The largest absolute Gasteiger partial charge is 0.289 e. The number of rotatable bonds is 9. The fourth-order valence-corrected chi connectivity index (χ4v) is 5.01. The first-order chi connectivity index (χ1) is 14.3. The van der Waals surface area contributed by atoms with Gasteiger partial charge in [-0.1, -0.05) is 41.8 Å². The van der Waals surface area contributed by atoms with Crippen molar-refractivity contribution in [1.82, 2.24) is 9.95 Å². The van der Waals surface area contributed by atoms with E-state index in [1.807, 2.05) is 12.1 Å². The minimum Gasteiger partial charge on any atom is -0.289 e.